The van der Waals surface area contributed by atoms with Crippen molar-refractivity contribution < 1.29 is 21.8 Å². The first-order valence-corrected chi connectivity index (χ1v) is 10.0. The summed E-state index contributed by atoms with van der Waals surface area (Å²) in [5.41, 5.74) is -2.34. The summed E-state index contributed by atoms with van der Waals surface area (Å²) in [4.78, 5) is 0. The first-order valence-electron chi connectivity index (χ1n) is 8.04. The van der Waals surface area contributed by atoms with Crippen LogP contribution in [0.15, 0.2) is 33.8 Å². The predicted molar refractivity (Wildman–Crippen MR) is 105 cm³/mol. The van der Waals surface area contributed by atoms with Gasteiger partial charge in [-0.15, -0.1) is 0 Å². The molecule has 0 saturated carbocycles. The Bertz CT molecular complexity index is 710. The fourth-order valence-electron chi connectivity index (χ4n) is 2.90. The quantitative estimate of drug-likeness (QED) is 0.347. The van der Waals surface area contributed by atoms with E-state index in [1.54, 1.807) is 38.1 Å². The normalized spacial score (nSPS) is 16.7. The van der Waals surface area contributed by atoms with Gasteiger partial charge in [0, 0.05) is 30.4 Å². The SMILES string of the molecule is CN(C)/N=C(/C[C@](CF)(CC(C)(C)S(N)=O)c1cccc(Br)c1)C(F)(F)F. The Labute approximate surface area is 167 Å². The molecule has 0 aliphatic carbocycles. The van der Waals surface area contributed by atoms with Gasteiger partial charge >= 0.3 is 6.18 Å². The van der Waals surface area contributed by atoms with E-state index in [4.69, 9.17) is 5.14 Å². The van der Waals surface area contributed by atoms with Crippen molar-refractivity contribution in [1.29, 1.82) is 0 Å². The third-order valence-corrected chi connectivity index (χ3v) is 5.88. The highest BCUT2D eigenvalue weighted by molar-refractivity contribution is 9.10. The van der Waals surface area contributed by atoms with Gasteiger partial charge in [-0.1, -0.05) is 28.1 Å². The van der Waals surface area contributed by atoms with E-state index < -0.39 is 46.1 Å². The Morgan fingerprint density at radius 2 is 1.89 bits per heavy atom. The summed E-state index contributed by atoms with van der Waals surface area (Å²) in [6, 6.07) is 6.44. The molecule has 154 valence electrons. The Kier molecular flexibility index (Phi) is 8.01. The van der Waals surface area contributed by atoms with Crippen LogP contribution in [0, 0.1) is 0 Å². The van der Waals surface area contributed by atoms with Crippen molar-refractivity contribution in [2.24, 2.45) is 10.2 Å². The average Bonchev–Trinajstić information content (AvgIpc) is 2.51. The number of hydrogen-bond donors (Lipinski definition) is 1. The van der Waals surface area contributed by atoms with Crippen molar-refractivity contribution in [2.75, 3.05) is 20.8 Å². The third kappa shape index (κ3) is 6.53. The van der Waals surface area contributed by atoms with E-state index >= 15 is 0 Å². The molecule has 2 N–H and O–H groups in total. The molecule has 10 heteroatoms. The Morgan fingerprint density at radius 1 is 1.30 bits per heavy atom. The van der Waals surface area contributed by atoms with Crippen LogP contribution >= 0.6 is 15.9 Å². The molecule has 0 fully saturated rings. The van der Waals surface area contributed by atoms with Crippen molar-refractivity contribution in [3.8, 4) is 0 Å². The minimum atomic E-state index is -4.73. The van der Waals surface area contributed by atoms with Gasteiger partial charge in [0.25, 0.3) is 0 Å². The molecule has 0 spiro atoms. The molecule has 0 heterocycles. The number of benzene rings is 1. The number of nitrogens with two attached hydrogens (primary N) is 1. The van der Waals surface area contributed by atoms with Gasteiger partial charge in [0.1, 0.15) is 5.71 Å². The van der Waals surface area contributed by atoms with Gasteiger partial charge in [-0.25, -0.2) is 4.21 Å². The summed E-state index contributed by atoms with van der Waals surface area (Å²) in [6.45, 7) is 2.00. The fourth-order valence-corrected chi connectivity index (χ4v) is 3.71. The number of halogens is 5. The van der Waals surface area contributed by atoms with E-state index in [1.165, 1.54) is 14.1 Å². The molecule has 0 saturated heterocycles. The highest BCUT2D eigenvalue weighted by Crippen LogP contribution is 2.41. The van der Waals surface area contributed by atoms with Gasteiger partial charge in [-0.3, -0.25) is 9.53 Å². The molecule has 0 bridgehead atoms. The minimum absolute atomic E-state index is 0.154. The molecular weight excluding hydrogens is 450 g/mol. The fraction of sp³-hybridized carbons (Fsp3) is 0.588. The van der Waals surface area contributed by atoms with Gasteiger partial charge < -0.3 is 5.01 Å². The van der Waals surface area contributed by atoms with E-state index in [9.17, 15) is 21.8 Å². The maximum atomic E-state index is 14.4. The van der Waals surface area contributed by atoms with Gasteiger partial charge in [0.05, 0.1) is 22.4 Å². The standard InChI is InChI=1S/C17H24BrF4N3OS/c1-15(2,27(23)26)10-16(11-19,12-6-5-7-13(18)8-12)9-14(17(20,21)22)24-25(3)4/h5-8H,9-11,23H2,1-4H3/b24-14-/t16-,27?/m1/s1. The number of hydrazone groups is 1. The molecule has 4 nitrogen and oxygen atoms in total. The Balaban J connectivity index is 3.59. The summed E-state index contributed by atoms with van der Waals surface area (Å²) in [5.74, 6) is 0. The molecule has 0 aliphatic heterocycles. The highest BCUT2D eigenvalue weighted by atomic mass is 79.9. The van der Waals surface area contributed by atoms with E-state index in [-0.39, 0.29) is 6.42 Å². The summed E-state index contributed by atoms with van der Waals surface area (Å²) in [5, 5.41) is 10.1. The molecule has 27 heavy (non-hydrogen) atoms. The smallest absolute Gasteiger partial charge is 0.303 e. The minimum Gasteiger partial charge on any atom is -0.303 e. The number of hydrogen-bond acceptors (Lipinski definition) is 3. The molecule has 2 atom stereocenters. The van der Waals surface area contributed by atoms with Crippen molar-refractivity contribution in [2.45, 2.75) is 43.0 Å². The summed E-state index contributed by atoms with van der Waals surface area (Å²) < 4.78 is 66.5. The molecular formula is C17H24BrF4N3OS. The monoisotopic (exact) mass is 473 g/mol. The zero-order chi connectivity index (χ0) is 21.0. The second kappa shape index (κ2) is 9.00. The number of nitrogens with zero attached hydrogens (tertiary/aromatic N) is 2. The lowest BCUT2D eigenvalue weighted by Crippen LogP contribution is -2.45. The summed E-state index contributed by atoms with van der Waals surface area (Å²) in [6.07, 6.45) is -5.59. The van der Waals surface area contributed by atoms with Crippen LogP contribution in [0.25, 0.3) is 0 Å². The molecule has 0 amide bonds. The zero-order valence-corrected chi connectivity index (χ0v) is 18.0. The zero-order valence-electron chi connectivity index (χ0n) is 15.6. The third-order valence-electron chi connectivity index (χ3n) is 4.16. The van der Waals surface area contributed by atoms with Gasteiger partial charge in [-0.05, 0) is 38.0 Å². The second-order valence-corrected chi connectivity index (χ2v) is 9.84. The van der Waals surface area contributed by atoms with E-state index in [0.29, 0.717) is 10.0 Å². The van der Waals surface area contributed by atoms with Crippen LogP contribution < -0.4 is 5.14 Å². The summed E-state index contributed by atoms with van der Waals surface area (Å²) in [7, 11) is 0.864. The number of rotatable bonds is 8. The molecule has 0 aliphatic rings. The van der Waals surface area contributed by atoms with E-state index in [2.05, 4.69) is 21.0 Å². The van der Waals surface area contributed by atoms with Crippen molar-refractivity contribution >= 4 is 32.6 Å². The molecule has 0 radical (unpaired) electrons. The number of alkyl halides is 4. The summed E-state index contributed by atoms with van der Waals surface area (Å²) >= 11 is 3.27. The van der Waals surface area contributed by atoms with Crippen molar-refractivity contribution in [3.05, 3.63) is 34.3 Å². The maximum Gasteiger partial charge on any atom is 0.431 e. The Morgan fingerprint density at radius 3 is 2.30 bits per heavy atom. The van der Waals surface area contributed by atoms with Gasteiger partial charge in [0.15, 0.2) is 0 Å². The lowest BCUT2D eigenvalue weighted by Gasteiger charge is -2.38. The topological polar surface area (TPSA) is 58.7 Å². The molecule has 1 rings (SSSR count). The van der Waals surface area contributed by atoms with Crippen LogP contribution in [-0.2, 0) is 16.4 Å². The van der Waals surface area contributed by atoms with Gasteiger partial charge in [-0.2, -0.15) is 18.3 Å². The Hall–Kier alpha value is -1.00. The highest BCUT2D eigenvalue weighted by Gasteiger charge is 2.47. The van der Waals surface area contributed by atoms with Crippen LogP contribution in [0.3, 0.4) is 0 Å². The lowest BCUT2D eigenvalue weighted by molar-refractivity contribution is -0.0630. The van der Waals surface area contributed by atoms with Crippen molar-refractivity contribution in [3.63, 3.8) is 0 Å². The molecule has 1 aromatic rings. The van der Waals surface area contributed by atoms with Crippen LogP contribution in [0.2, 0.25) is 0 Å². The largest absolute Gasteiger partial charge is 0.431 e. The molecule has 0 aromatic heterocycles. The molecule has 1 unspecified atom stereocenters. The van der Waals surface area contributed by atoms with Gasteiger partial charge in [0.2, 0.25) is 0 Å². The maximum absolute atomic E-state index is 14.4. The lowest BCUT2D eigenvalue weighted by atomic mass is 9.71. The predicted octanol–water partition coefficient (Wildman–Crippen LogP) is 4.32. The average molecular weight is 474 g/mol. The van der Waals surface area contributed by atoms with E-state index in [0.717, 1.165) is 5.01 Å². The van der Waals surface area contributed by atoms with Crippen molar-refractivity contribution in [1.82, 2.24) is 5.01 Å². The van der Waals surface area contributed by atoms with Crippen LogP contribution in [0.1, 0.15) is 32.3 Å². The van der Waals surface area contributed by atoms with E-state index in [1.807, 2.05) is 0 Å². The first-order chi connectivity index (χ1) is 12.2. The van der Waals surface area contributed by atoms with Crippen LogP contribution in [0.4, 0.5) is 17.6 Å². The van der Waals surface area contributed by atoms with Crippen LogP contribution in [0.5, 0.6) is 0 Å². The molecule has 1 aromatic carbocycles. The second-order valence-electron chi connectivity index (χ2n) is 7.23. The first kappa shape index (κ1) is 24.0. The van der Waals surface area contributed by atoms with Crippen LogP contribution in [-0.4, -0.2) is 46.6 Å².